The van der Waals surface area contributed by atoms with E-state index in [1.54, 1.807) is 0 Å². The van der Waals surface area contributed by atoms with Gasteiger partial charge in [0.1, 0.15) is 5.60 Å². The molecule has 1 aliphatic heterocycles. The van der Waals surface area contributed by atoms with E-state index in [0.29, 0.717) is 5.56 Å². The van der Waals surface area contributed by atoms with Crippen molar-refractivity contribution < 1.29 is 18.6 Å². The first-order valence-corrected chi connectivity index (χ1v) is 7.11. The maximum absolute atomic E-state index is 12.3. The zero-order valence-electron chi connectivity index (χ0n) is 10.2. The van der Waals surface area contributed by atoms with Gasteiger partial charge in [0.2, 0.25) is 0 Å². The molecule has 2 heterocycles. The van der Waals surface area contributed by atoms with Crippen LogP contribution in [0.1, 0.15) is 12.0 Å². The van der Waals surface area contributed by atoms with Gasteiger partial charge in [0, 0.05) is 24.8 Å². The summed E-state index contributed by atoms with van der Waals surface area (Å²) < 4.78 is 25.6. The van der Waals surface area contributed by atoms with Crippen LogP contribution >= 0.6 is 0 Å². The van der Waals surface area contributed by atoms with E-state index in [1.807, 2.05) is 0 Å². The van der Waals surface area contributed by atoms with E-state index in [1.165, 1.54) is 18.3 Å². The molecular formula is C12H14N2O4S. The molecule has 19 heavy (non-hydrogen) atoms. The van der Waals surface area contributed by atoms with Crippen molar-refractivity contribution in [2.75, 3.05) is 19.7 Å². The molecule has 1 fully saturated rings. The van der Waals surface area contributed by atoms with Gasteiger partial charge in [-0.15, -0.1) is 6.42 Å². The van der Waals surface area contributed by atoms with Crippen LogP contribution in [0.4, 0.5) is 0 Å². The van der Waals surface area contributed by atoms with Gasteiger partial charge in [-0.1, -0.05) is 5.92 Å². The van der Waals surface area contributed by atoms with Crippen molar-refractivity contribution in [3.8, 4) is 12.3 Å². The summed E-state index contributed by atoms with van der Waals surface area (Å²) in [5, 5.41) is 18.8. The highest BCUT2D eigenvalue weighted by Gasteiger charge is 2.41. The summed E-state index contributed by atoms with van der Waals surface area (Å²) in [4.78, 5) is 3.82. The fraction of sp³-hybridized carbons (Fsp3) is 0.417. The van der Waals surface area contributed by atoms with E-state index in [2.05, 4.69) is 10.9 Å². The monoisotopic (exact) mass is 282 g/mol. The molecule has 0 unspecified atom stereocenters. The minimum atomic E-state index is -3.76. The Bertz CT molecular complexity index is 606. The van der Waals surface area contributed by atoms with Crippen molar-refractivity contribution in [3.63, 3.8) is 0 Å². The molecule has 2 rings (SSSR count). The Morgan fingerprint density at radius 3 is 2.74 bits per heavy atom. The maximum Gasteiger partial charge on any atom is 0.260 e. The van der Waals surface area contributed by atoms with Gasteiger partial charge >= 0.3 is 0 Å². The number of hydrogen-bond acceptors (Lipinski definition) is 5. The minimum Gasteiger partial charge on any atom is -0.393 e. The molecule has 1 saturated heterocycles. The van der Waals surface area contributed by atoms with Crippen molar-refractivity contribution in [1.29, 1.82) is 0 Å². The molecule has 1 atom stereocenters. The van der Waals surface area contributed by atoms with Crippen molar-refractivity contribution in [2.24, 2.45) is 0 Å². The highest BCUT2D eigenvalue weighted by Crippen LogP contribution is 2.26. The van der Waals surface area contributed by atoms with Crippen LogP contribution in [0.25, 0.3) is 0 Å². The number of β-amino-alcohol motifs (C(OH)–C–C–N with tert-alkyl or cyclic N) is 1. The van der Waals surface area contributed by atoms with Gasteiger partial charge in [-0.25, -0.2) is 13.4 Å². The molecular weight excluding hydrogens is 268 g/mol. The predicted molar refractivity (Wildman–Crippen MR) is 67.6 cm³/mol. The van der Waals surface area contributed by atoms with Gasteiger partial charge in [0.15, 0.2) is 5.03 Å². The van der Waals surface area contributed by atoms with Gasteiger partial charge in [0.25, 0.3) is 10.0 Å². The smallest absolute Gasteiger partial charge is 0.260 e. The summed E-state index contributed by atoms with van der Waals surface area (Å²) in [5.41, 5.74) is -0.876. The summed E-state index contributed by atoms with van der Waals surface area (Å²) >= 11 is 0. The lowest BCUT2D eigenvalue weighted by atomic mass is 10.1. The van der Waals surface area contributed by atoms with Gasteiger partial charge < -0.3 is 10.2 Å². The molecule has 2 N–H and O–H groups in total. The van der Waals surface area contributed by atoms with E-state index < -0.39 is 22.2 Å². The number of pyridine rings is 1. The van der Waals surface area contributed by atoms with Crippen LogP contribution in [0.15, 0.2) is 23.4 Å². The van der Waals surface area contributed by atoms with Crippen LogP contribution in [0, 0.1) is 12.3 Å². The molecule has 6 nitrogen and oxygen atoms in total. The van der Waals surface area contributed by atoms with Crippen molar-refractivity contribution in [2.45, 2.75) is 17.0 Å². The quantitative estimate of drug-likeness (QED) is 0.707. The summed E-state index contributed by atoms with van der Waals surface area (Å²) in [6.45, 7) is -0.454. The van der Waals surface area contributed by atoms with Gasteiger partial charge in [-0.05, 0) is 18.6 Å². The highest BCUT2D eigenvalue weighted by atomic mass is 32.2. The Balaban J connectivity index is 2.26. The number of rotatable bonds is 3. The fourth-order valence-electron chi connectivity index (χ4n) is 1.90. The average molecular weight is 282 g/mol. The molecule has 0 aliphatic carbocycles. The second kappa shape index (κ2) is 4.90. The molecule has 0 saturated carbocycles. The first kappa shape index (κ1) is 14.0. The predicted octanol–water partition coefficient (Wildman–Crippen LogP) is -0.819. The zero-order valence-corrected chi connectivity index (χ0v) is 11.0. The van der Waals surface area contributed by atoms with Crippen LogP contribution < -0.4 is 0 Å². The van der Waals surface area contributed by atoms with Gasteiger partial charge in [0.05, 0.1) is 6.61 Å². The highest BCUT2D eigenvalue weighted by molar-refractivity contribution is 7.89. The van der Waals surface area contributed by atoms with E-state index >= 15 is 0 Å². The van der Waals surface area contributed by atoms with Gasteiger partial charge in [-0.3, -0.25) is 0 Å². The molecule has 0 bridgehead atoms. The van der Waals surface area contributed by atoms with Crippen molar-refractivity contribution in [1.82, 2.24) is 9.29 Å². The number of nitrogens with zero attached hydrogens (tertiary/aromatic N) is 2. The van der Waals surface area contributed by atoms with Crippen LogP contribution in [0.2, 0.25) is 0 Å². The Morgan fingerprint density at radius 1 is 1.53 bits per heavy atom. The number of sulfonamides is 1. The molecule has 7 heteroatoms. The van der Waals surface area contributed by atoms with Crippen LogP contribution in [-0.2, 0) is 10.0 Å². The Morgan fingerprint density at radius 2 is 2.26 bits per heavy atom. The normalized spacial score (nSPS) is 24.3. The van der Waals surface area contributed by atoms with Crippen LogP contribution in [-0.4, -0.2) is 53.2 Å². The van der Waals surface area contributed by atoms with Crippen LogP contribution in [0.5, 0.6) is 0 Å². The third-order valence-electron chi connectivity index (χ3n) is 3.10. The van der Waals surface area contributed by atoms with E-state index in [0.717, 1.165) is 4.31 Å². The molecule has 1 aromatic rings. The van der Waals surface area contributed by atoms with E-state index in [-0.39, 0.29) is 24.5 Å². The lowest BCUT2D eigenvalue weighted by Crippen LogP contribution is -2.38. The summed E-state index contributed by atoms with van der Waals surface area (Å²) in [7, 11) is -3.76. The number of aliphatic hydroxyl groups is 2. The lowest BCUT2D eigenvalue weighted by Gasteiger charge is -2.20. The molecule has 1 aliphatic rings. The van der Waals surface area contributed by atoms with Crippen LogP contribution in [0.3, 0.4) is 0 Å². The molecule has 0 spiro atoms. The average Bonchev–Trinajstić information content (AvgIpc) is 2.83. The first-order chi connectivity index (χ1) is 8.91. The Labute approximate surface area is 111 Å². The molecule has 0 amide bonds. The topological polar surface area (TPSA) is 90.7 Å². The SMILES string of the molecule is C#Cc1ccc(S(=O)(=O)N2CC[C@](O)(CO)C2)nc1. The summed E-state index contributed by atoms with van der Waals surface area (Å²) in [5.74, 6) is 2.35. The Kier molecular flexibility index (Phi) is 3.60. The molecule has 1 aromatic heterocycles. The first-order valence-electron chi connectivity index (χ1n) is 5.67. The largest absolute Gasteiger partial charge is 0.393 e. The molecule has 102 valence electrons. The minimum absolute atomic E-state index is 0.117. The third-order valence-corrected chi connectivity index (χ3v) is 4.86. The van der Waals surface area contributed by atoms with Crippen molar-refractivity contribution >= 4 is 10.0 Å². The number of aliphatic hydroxyl groups excluding tert-OH is 1. The molecule has 0 radical (unpaired) electrons. The molecule has 0 aromatic carbocycles. The van der Waals surface area contributed by atoms with Crippen molar-refractivity contribution in [3.05, 3.63) is 23.9 Å². The third kappa shape index (κ3) is 2.62. The number of terminal acetylenes is 1. The van der Waals surface area contributed by atoms with Gasteiger partial charge in [-0.2, -0.15) is 4.31 Å². The van der Waals surface area contributed by atoms with E-state index in [4.69, 9.17) is 11.5 Å². The number of hydrogen-bond donors (Lipinski definition) is 2. The standard InChI is InChI=1S/C12H14N2O4S/c1-2-10-3-4-11(13-7-10)19(17,18)14-6-5-12(16,8-14)9-15/h1,3-4,7,15-16H,5-6,8-9H2/t12-/m1/s1. The second-order valence-electron chi connectivity index (χ2n) is 4.50. The summed E-state index contributed by atoms with van der Waals surface area (Å²) in [6, 6.07) is 2.83. The fourth-order valence-corrected chi connectivity index (χ4v) is 3.34. The summed E-state index contributed by atoms with van der Waals surface area (Å²) in [6.07, 6.45) is 6.68. The number of aromatic nitrogens is 1. The zero-order chi connectivity index (χ0) is 14.1. The second-order valence-corrected chi connectivity index (χ2v) is 6.39. The Hall–Kier alpha value is -1.46. The van der Waals surface area contributed by atoms with E-state index in [9.17, 15) is 13.5 Å². The maximum atomic E-state index is 12.3. The lowest BCUT2D eigenvalue weighted by molar-refractivity contribution is -0.000743.